The van der Waals surface area contributed by atoms with Crippen LogP contribution in [-0.2, 0) is 0 Å². The van der Waals surface area contributed by atoms with E-state index in [2.05, 4.69) is 0 Å². The van der Waals surface area contributed by atoms with Crippen LogP contribution in [0.3, 0.4) is 0 Å². The van der Waals surface area contributed by atoms with E-state index >= 15 is 0 Å². The van der Waals surface area contributed by atoms with Crippen LogP contribution in [-0.4, -0.2) is 3.25 Å². The van der Waals surface area contributed by atoms with Gasteiger partial charge in [0, 0.05) is 0 Å². The lowest BCUT2D eigenvalue weighted by molar-refractivity contribution is 0.171. The van der Waals surface area contributed by atoms with Crippen molar-refractivity contribution in [3.8, 4) is 0 Å². The molecule has 2 fully saturated rings. The molecule has 0 aromatic heterocycles. The van der Waals surface area contributed by atoms with Gasteiger partial charge in [-0.15, -0.1) is 0 Å². The van der Waals surface area contributed by atoms with E-state index in [1.807, 2.05) is 0 Å². The van der Waals surface area contributed by atoms with Crippen LogP contribution in [0.1, 0.15) is 51.4 Å². The zero-order valence-electron chi connectivity index (χ0n) is 8.82. The second kappa shape index (κ2) is 6.79. The van der Waals surface area contributed by atoms with E-state index in [1.54, 1.807) is 25.7 Å². The molecule has 2 rings (SSSR count). The Morgan fingerprint density at radius 3 is 1.00 bits per heavy atom. The van der Waals surface area contributed by atoms with Gasteiger partial charge in [-0.3, -0.25) is 0 Å². The molecule has 0 N–H and O–H groups in total. The maximum atomic E-state index is 4.83. The van der Waals surface area contributed by atoms with Gasteiger partial charge in [0.05, 0.1) is 0 Å². The van der Waals surface area contributed by atoms with Gasteiger partial charge in [0.15, 0.2) is 0 Å². The van der Waals surface area contributed by atoms with Crippen molar-refractivity contribution in [1.82, 2.24) is 0 Å². The van der Waals surface area contributed by atoms with Gasteiger partial charge in [0.1, 0.15) is 0 Å². The molecule has 0 atom stereocenters. The van der Waals surface area contributed by atoms with Gasteiger partial charge in [0.25, 0.3) is 3.25 Å². The van der Waals surface area contributed by atoms with E-state index in [0.29, 0.717) is 0 Å². The van der Waals surface area contributed by atoms with E-state index in [1.165, 1.54) is 25.7 Å². The van der Waals surface area contributed by atoms with E-state index in [0.717, 1.165) is 11.8 Å². The van der Waals surface area contributed by atoms with Crippen molar-refractivity contribution >= 4 is 46.4 Å². The highest BCUT2D eigenvalue weighted by molar-refractivity contribution is 6.83. The number of hydrogen-bond donors (Lipinski definition) is 0. The highest BCUT2D eigenvalue weighted by Gasteiger charge is 2.26. The Hall–Kier alpha value is 1.16. The van der Waals surface area contributed by atoms with E-state index < -0.39 is 3.25 Å². The summed E-state index contributed by atoms with van der Waals surface area (Å²) in [6, 6.07) is 0. The van der Waals surface area contributed by atoms with Crippen LogP contribution >= 0.6 is 46.4 Å². The zero-order valence-corrected chi connectivity index (χ0v) is 11.8. The number of rotatable bonds is 0. The highest BCUT2D eigenvalue weighted by Crippen LogP contribution is 2.39. The fraction of sp³-hybridized carbons (Fsp3) is 1.00. The Labute approximate surface area is 113 Å². The van der Waals surface area contributed by atoms with Crippen molar-refractivity contribution in [2.45, 2.75) is 54.6 Å². The number of alkyl halides is 4. The molecule has 0 nitrogen and oxygen atoms in total. The van der Waals surface area contributed by atoms with Gasteiger partial charge >= 0.3 is 0 Å². The summed E-state index contributed by atoms with van der Waals surface area (Å²) in [5, 5.41) is 0. The quantitative estimate of drug-likeness (QED) is 0.486. The Morgan fingerprint density at radius 2 is 0.800 bits per heavy atom. The molecular weight excluding hydrogens is 274 g/mol. The van der Waals surface area contributed by atoms with Crippen molar-refractivity contribution in [2.24, 2.45) is 11.8 Å². The predicted octanol–water partition coefficient (Wildman–Crippen LogP) is 5.92. The smallest absolute Gasteiger partial charge is 0.0664 e. The van der Waals surface area contributed by atoms with Crippen molar-refractivity contribution in [3.05, 3.63) is 0 Å². The largest absolute Gasteiger partial charge is 0.266 e. The van der Waals surface area contributed by atoms with E-state index in [4.69, 9.17) is 46.4 Å². The zero-order chi connectivity index (χ0) is 11.3. The summed E-state index contributed by atoms with van der Waals surface area (Å²) in [7, 11) is 0. The first kappa shape index (κ1) is 14.2. The van der Waals surface area contributed by atoms with Gasteiger partial charge in [-0.2, -0.15) is 0 Å². The molecule has 0 aliphatic heterocycles. The summed E-state index contributed by atoms with van der Waals surface area (Å²) in [5.41, 5.74) is 0. The Balaban J connectivity index is 0.000000195. The van der Waals surface area contributed by atoms with Crippen LogP contribution in [0.25, 0.3) is 0 Å². The lowest BCUT2D eigenvalue weighted by Gasteiger charge is -2.35. The number of hydrogen-bond acceptors (Lipinski definition) is 0. The third-order valence-corrected chi connectivity index (χ3v) is 3.47. The number of fused-ring (bicyclic) bond motifs is 1. The van der Waals surface area contributed by atoms with Crippen molar-refractivity contribution in [3.63, 3.8) is 0 Å². The average molecular weight is 292 g/mol. The molecule has 90 valence electrons. The normalized spacial score (nSPS) is 31.2. The van der Waals surface area contributed by atoms with Crippen LogP contribution in [0.15, 0.2) is 0 Å². The molecule has 0 saturated heterocycles. The molecular formula is C11H18Cl4. The molecule has 15 heavy (non-hydrogen) atoms. The first-order chi connectivity index (χ1) is 6.97. The molecule has 2 saturated carbocycles. The fourth-order valence-electron chi connectivity index (χ4n) is 2.86. The molecule has 0 bridgehead atoms. The topological polar surface area (TPSA) is 0 Å². The molecule has 2 aliphatic carbocycles. The maximum absolute atomic E-state index is 4.83. The average Bonchev–Trinajstić information content (AvgIpc) is 2.16. The highest BCUT2D eigenvalue weighted by atomic mass is 35.6. The third kappa shape index (κ3) is 7.15. The minimum atomic E-state index is -1.61. The molecule has 0 heterocycles. The Kier molecular flexibility index (Phi) is 6.44. The Morgan fingerprint density at radius 1 is 0.600 bits per heavy atom. The lowest BCUT2D eigenvalue weighted by atomic mass is 9.71. The summed E-state index contributed by atoms with van der Waals surface area (Å²) in [4.78, 5) is 0. The lowest BCUT2D eigenvalue weighted by Crippen LogP contribution is -2.22. The van der Waals surface area contributed by atoms with Crippen molar-refractivity contribution < 1.29 is 0 Å². The van der Waals surface area contributed by atoms with Crippen LogP contribution in [0.4, 0.5) is 0 Å². The van der Waals surface area contributed by atoms with Crippen LogP contribution in [0.2, 0.25) is 0 Å². The minimum Gasteiger partial charge on any atom is -0.0664 e. The van der Waals surface area contributed by atoms with Gasteiger partial charge < -0.3 is 0 Å². The van der Waals surface area contributed by atoms with Crippen molar-refractivity contribution in [2.75, 3.05) is 0 Å². The van der Waals surface area contributed by atoms with Crippen LogP contribution in [0.5, 0.6) is 0 Å². The second-order valence-electron chi connectivity index (χ2n) is 4.52. The minimum absolute atomic E-state index is 1.16. The second-order valence-corrected chi connectivity index (χ2v) is 7.95. The Bertz CT molecular complexity index is 144. The first-order valence-electron chi connectivity index (χ1n) is 5.72. The SMILES string of the molecule is C1CCC2CCCCC2C1.ClC(Cl)(Cl)Cl. The summed E-state index contributed by atoms with van der Waals surface area (Å²) in [6.07, 6.45) is 12.4. The van der Waals surface area contributed by atoms with Crippen molar-refractivity contribution in [1.29, 1.82) is 0 Å². The molecule has 2 aliphatic rings. The fourth-order valence-corrected chi connectivity index (χ4v) is 2.86. The van der Waals surface area contributed by atoms with E-state index in [-0.39, 0.29) is 0 Å². The summed E-state index contributed by atoms with van der Waals surface area (Å²) >= 11 is 19.3. The molecule has 0 amide bonds. The van der Waals surface area contributed by atoms with Gasteiger partial charge in [-0.1, -0.05) is 97.8 Å². The molecule has 0 unspecified atom stereocenters. The van der Waals surface area contributed by atoms with Gasteiger partial charge in [-0.25, -0.2) is 0 Å². The maximum Gasteiger partial charge on any atom is 0.266 e. The summed E-state index contributed by atoms with van der Waals surface area (Å²) < 4.78 is -1.61. The summed E-state index contributed by atoms with van der Waals surface area (Å²) in [5.74, 6) is 2.31. The third-order valence-electron chi connectivity index (χ3n) is 3.47. The van der Waals surface area contributed by atoms with Crippen LogP contribution < -0.4 is 0 Å². The molecule has 0 spiro atoms. The molecule has 4 heteroatoms. The molecule has 0 radical (unpaired) electrons. The van der Waals surface area contributed by atoms with Crippen LogP contribution in [0, 0.1) is 11.8 Å². The van der Waals surface area contributed by atoms with E-state index in [9.17, 15) is 0 Å². The predicted molar refractivity (Wildman–Crippen MR) is 70.1 cm³/mol. The first-order valence-corrected chi connectivity index (χ1v) is 7.23. The van der Waals surface area contributed by atoms with Gasteiger partial charge in [-0.05, 0) is 11.8 Å². The van der Waals surface area contributed by atoms with Gasteiger partial charge in [0.2, 0.25) is 0 Å². The number of halogens is 4. The monoisotopic (exact) mass is 290 g/mol. The standard InChI is InChI=1S/C10H18.CCl4/c1-2-6-10-8-4-3-7-9(10)5-1;2-1(3,4)5/h9-10H,1-8H2;. The molecule has 0 aromatic rings. The summed E-state index contributed by atoms with van der Waals surface area (Å²) in [6.45, 7) is 0. The molecule has 0 aromatic carbocycles.